The second kappa shape index (κ2) is 17.1. The number of Topliss-reactive ketones (excluding diaryl/α,β-unsaturated/α-hetero) is 2. The van der Waals surface area contributed by atoms with Crippen LogP contribution < -0.4 is 16.0 Å². The Kier molecular flexibility index (Phi) is 12.2. The minimum atomic E-state index is -0.964. The van der Waals surface area contributed by atoms with Crippen LogP contribution >= 0.6 is 0 Å². The van der Waals surface area contributed by atoms with Crippen LogP contribution in [0.3, 0.4) is 0 Å². The number of hydrogen-bond acceptors (Lipinski definition) is 8. The van der Waals surface area contributed by atoms with Crippen LogP contribution in [0.1, 0.15) is 76.5 Å². The molecule has 55 heavy (non-hydrogen) atoms. The number of amides is 3. The Hall–Kier alpha value is -7.13. The lowest BCUT2D eigenvalue weighted by molar-refractivity contribution is -0.119. The molecule has 12 heteroatoms. The van der Waals surface area contributed by atoms with E-state index >= 15 is 0 Å². The van der Waals surface area contributed by atoms with Crippen molar-refractivity contribution in [3.05, 3.63) is 147 Å². The monoisotopic (exact) mass is 740 g/mol. The third-order valence-corrected chi connectivity index (χ3v) is 9.17. The predicted molar refractivity (Wildman–Crippen MR) is 205 cm³/mol. The van der Waals surface area contributed by atoms with Crippen molar-refractivity contribution in [3.63, 3.8) is 0 Å². The summed E-state index contributed by atoms with van der Waals surface area (Å²) in [5.74, 6) is -3.95. The average Bonchev–Trinajstić information content (AvgIpc) is 3.17. The van der Waals surface area contributed by atoms with Crippen LogP contribution in [0, 0.1) is 43.8 Å². The fraction of sp³-hybridized carbons (Fsp3) is 0.163. The molecule has 5 N–H and O–H groups in total. The van der Waals surface area contributed by atoms with E-state index in [1.54, 1.807) is 57.2 Å². The van der Waals surface area contributed by atoms with Crippen LogP contribution in [0.15, 0.2) is 97.1 Å². The summed E-state index contributed by atoms with van der Waals surface area (Å²) in [6.45, 7) is 4.94. The fourth-order valence-electron chi connectivity index (χ4n) is 5.76. The van der Waals surface area contributed by atoms with E-state index in [0.29, 0.717) is 39.2 Å². The van der Waals surface area contributed by atoms with Gasteiger partial charge in [-0.25, -0.2) is 4.39 Å². The highest BCUT2D eigenvalue weighted by Gasteiger charge is 2.24. The number of ketones is 2. The Morgan fingerprint density at radius 3 is 1.84 bits per heavy atom. The van der Waals surface area contributed by atoms with Crippen LogP contribution in [-0.2, 0) is 11.2 Å². The first-order valence-corrected chi connectivity index (χ1v) is 17.2. The van der Waals surface area contributed by atoms with Crippen molar-refractivity contribution in [1.29, 1.82) is 5.26 Å². The quantitative estimate of drug-likeness (QED) is 0.0756. The fourth-order valence-corrected chi connectivity index (χ4v) is 5.76. The molecule has 0 aliphatic carbocycles. The summed E-state index contributed by atoms with van der Waals surface area (Å²) < 4.78 is 13.2. The van der Waals surface area contributed by atoms with Crippen LogP contribution in [-0.4, -0.2) is 39.5 Å². The second-order valence-electron chi connectivity index (χ2n) is 13.0. The van der Waals surface area contributed by atoms with Crippen molar-refractivity contribution in [3.8, 4) is 17.6 Å². The molecule has 5 aromatic carbocycles. The zero-order valence-corrected chi connectivity index (χ0v) is 30.2. The van der Waals surface area contributed by atoms with E-state index in [2.05, 4.69) is 16.0 Å². The molecular formula is C43H37FN4O7. The summed E-state index contributed by atoms with van der Waals surface area (Å²) in [6.07, 6.45) is -0.404. The maximum atomic E-state index is 13.2. The van der Waals surface area contributed by atoms with Crippen LogP contribution in [0.25, 0.3) is 0 Å². The molecule has 5 aromatic rings. The van der Waals surface area contributed by atoms with Crippen molar-refractivity contribution >= 4 is 46.4 Å². The highest BCUT2D eigenvalue weighted by atomic mass is 19.1. The molecule has 11 nitrogen and oxygen atoms in total. The minimum Gasteiger partial charge on any atom is -0.507 e. The summed E-state index contributed by atoms with van der Waals surface area (Å²) in [4.78, 5) is 64.8. The molecule has 3 amide bonds. The molecule has 0 aliphatic rings. The molecule has 5 rings (SSSR count). The molecule has 0 bridgehead atoms. The largest absolute Gasteiger partial charge is 0.507 e. The molecule has 0 fully saturated rings. The summed E-state index contributed by atoms with van der Waals surface area (Å²) in [5, 5.41) is 38.5. The van der Waals surface area contributed by atoms with Gasteiger partial charge >= 0.3 is 0 Å². The number of nitriles is 1. The summed E-state index contributed by atoms with van der Waals surface area (Å²) in [7, 11) is 0. The summed E-state index contributed by atoms with van der Waals surface area (Å²) >= 11 is 0. The van der Waals surface area contributed by atoms with Gasteiger partial charge in [-0.05, 0) is 98.6 Å². The molecule has 0 aromatic heterocycles. The van der Waals surface area contributed by atoms with Crippen molar-refractivity contribution < 1.29 is 38.6 Å². The third kappa shape index (κ3) is 9.46. The lowest BCUT2D eigenvalue weighted by atomic mass is 9.94. The summed E-state index contributed by atoms with van der Waals surface area (Å²) in [6, 6.07) is 25.6. The van der Waals surface area contributed by atoms with E-state index in [9.17, 15) is 43.8 Å². The number of hydrogen-bond donors (Lipinski definition) is 5. The summed E-state index contributed by atoms with van der Waals surface area (Å²) in [5.41, 5.74) is 3.87. The number of carbonyl (C=O) groups is 5. The SMILES string of the molecule is Cc1ccc(NC(=O)c2ccc(NC(=O)c3ccc(NC(=O)C(CC#N)CC(=O)c4ccc(CC(=O)c5ccc(F)cc5)cc4)cc3)c(C)c2O)c(C)c1O. The topological polar surface area (TPSA) is 186 Å². The average molecular weight is 741 g/mol. The lowest BCUT2D eigenvalue weighted by Crippen LogP contribution is -2.25. The van der Waals surface area contributed by atoms with E-state index in [1.165, 1.54) is 60.7 Å². The molecule has 0 heterocycles. The van der Waals surface area contributed by atoms with Crippen molar-refractivity contribution in [1.82, 2.24) is 0 Å². The highest BCUT2D eigenvalue weighted by molar-refractivity contribution is 6.09. The zero-order chi connectivity index (χ0) is 39.8. The number of phenols is 2. The molecule has 0 saturated heterocycles. The smallest absolute Gasteiger partial charge is 0.259 e. The number of nitrogens with one attached hydrogen (secondary N) is 3. The molecule has 1 unspecified atom stereocenters. The van der Waals surface area contributed by atoms with Gasteiger partial charge in [0.1, 0.15) is 17.3 Å². The lowest BCUT2D eigenvalue weighted by Gasteiger charge is -2.15. The van der Waals surface area contributed by atoms with Crippen molar-refractivity contribution in [2.75, 3.05) is 16.0 Å². The highest BCUT2D eigenvalue weighted by Crippen LogP contribution is 2.32. The van der Waals surface area contributed by atoms with Gasteiger partial charge in [0.2, 0.25) is 5.91 Å². The normalized spacial score (nSPS) is 11.2. The Labute approximate surface area is 316 Å². The number of halogens is 1. The van der Waals surface area contributed by atoms with E-state index in [1.807, 2.05) is 6.07 Å². The molecule has 0 aliphatic heterocycles. The maximum absolute atomic E-state index is 13.2. The Bertz CT molecular complexity index is 2330. The van der Waals surface area contributed by atoms with Gasteiger partial charge in [0, 0.05) is 64.1 Å². The van der Waals surface area contributed by atoms with E-state index in [4.69, 9.17) is 0 Å². The Balaban J connectivity index is 1.17. The molecule has 0 radical (unpaired) electrons. The number of anilines is 3. The second-order valence-corrected chi connectivity index (χ2v) is 13.0. The van der Waals surface area contributed by atoms with Gasteiger partial charge in [0.15, 0.2) is 11.6 Å². The number of carbonyl (C=O) groups excluding carboxylic acids is 5. The zero-order valence-electron chi connectivity index (χ0n) is 30.2. The Morgan fingerprint density at radius 2 is 1.20 bits per heavy atom. The standard InChI is InChI=1S/C43H37FN4O7/c1-24-4-18-35(25(2)39(24)51)48-43(55)34-17-19-36(26(3)40(34)52)47-41(53)30-11-15-33(16-12-30)46-42(54)31(20-21-45)23-38(50)28-7-5-27(6-8-28)22-37(49)29-9-13-32(44)14-10-29/h4-19,31,51-52H,20,22-23H2,1-3H3,(H,46,54)(H,47,53)(H,48,55). The number of aryl methyl sites for hydroxylation is 1. The van der Waals surface area contributed by atoms with Gasteiger partial charge < -0.3 is 26.2 Å². The maximum Gasteiger partial charge on any atom is 0.259 e. The number of nitrogens with zero attached hydrogens (tertiary/aromatic N) is 1. The van der Waals surface area contributed by atoms with Crippen molar-refractivity contribution in [2.45, 2.75) is 40.0 Å². The van der Waals surface area contributed by atoms with E-state index < -0.39 is 29.5 Å². The number of benzene rings is 5. The van der Waals surface area contributed by atoms with Crippen LogP contribution in [0.5, 0.6) is 11.5 Å². The molecule has 0 spiro atoms. The van der Waals surface area contributed by atoms with Gasteiger partial charge in [-0.2, -0.15) is 5.26 Å². The van der Waals surface area contributed by atoms with Gasteiger partial charge in [0.05, 0.1) is 17.6 Å². The number of phenolic OH excluding ortho intramolecular Hbond substituents is 2. The van der Waals surface area contributed by atoms with Crippen molar-refractivity contribution in [2.24, 2.45) is 5.92 Å². The predicted octanol–water partition coefficient (Wildman–Crippen LogP) is 7.83. The van der Waals surface area contributed by atoms with Gasteiger partial charge in [-0.1, -0.05) is 30.3 Å². The van der Waals surface area contributed by atoms with Gasteiger partial charge in [-0.3, -0.25) is 24.0 Å². The molecular weight excluding hydrogens is 703 g/mol. The minimum absolute atomic E-state index is 0.0305. The first-order valence-electron chi connectivity index (χ1n) is 17.2. The molecule has 0 saturated carbocycles. The van der Waals surface area contributed by atoms with Gasteiger partial charge in [-0.15, -0.1) is 0 Å². The van der Waals surface area contributed by atoms with Crippen LogP contribution in [0.4, 0.5) is 21.5 Å². The third-order valence-electron chi connectivity index (χ3n) is 9.17. The number of rotatable bonds is 13. The molecule has 1 atom stereocenters. The van der Waals surface area contributed by atoms with Gasteiger partial charge in [0.25, 0.3) is 11.8 Å². The first-order chi connectivity index (χ1) is 26.2. The first kappa shape index (κ1) is 39.1. The number of aromatic hydroxyl groups is 2. The van der Waals surface area contributed by atoms with Crippen LogP contribution in [0.2, 0.25) is 0 Å². The Morgan fingerprint density at radius 1 is 0.655 bits per heavy atom. The van der Waals surface area contributed by atoms with E-state index in [0.717, 1.165) is 0 Å². The molecule has 278 valence electrons. The van der Waals surface area contributed by atoms with E-state index in [-0.39, 0.29) is 64.7 Å².